The lowest BCUT2D eigenvalue weighted by Gasteiger charge is -2.10. The fraction of sp³-hybridized carbons (Fsp3) is 0.120. The highest BCUT2D eigenvalue weighted by molar-refractivity contribution is 6.07. The Bertz CT molecular complexity index is 1280. The number of hydrogen-bond donors (Lipinski definition) is 3. The molecule has 0 unspecified atom stereocenters. The lowest BCUT2D eigenvalue weighted by molar-refractivity contribution is -0.117. The Kier molecular flexibility index (Phi) is 5.21. The fourth-order valence-corrected chi connectivity index (χ4v) is 3.42. The number of aromatic nitrogens is 3. The molecule has 7 heteroatoms. The number of benzene rings is 3. The van der Waals surface area contributed by atoms with E-state index < -0.39 is 0 Å². The van der Waals surface area contributed by atoms with Gasteiger partial charge in [-0.15, -0.1) is 0 Å². The molecular formula is C25H21N5O2. The van der Waals surface area contributed by atoms with E-state index in [4.69, 9.17) is 0 Å². The van der Waals surface area contributed by atoms with Gasteiger partial charge in [-0.2, -0.15) is 5.10 Å². The Hall–Kier alpha value is -4.26. The number of nitrogens with zero attached hydrogens (tertiary/aromatic N) is 2. The molecule has 0 spiro atoms. The molecule has 0 bridgehead atoms. The summed E-state index contributed by atoms with van der Waals surface area (Å²) in [6.07, 6.45) is 1.85. The third-order valence-corrected chi connectivity index (χ3v) is 5.29. The van der Waals surface area contributed by atoms with E-state index in [-0.39, 0.29) is 17.7 Å². The van der Waals surface area contributed by atoms with Gasteiger partial charge in [0.15, 0.2) is 11.6 Å². The molecular weight excluding hydrogens is 402 g/mol. The summed E-state index contributed by atoms with van der Waals surface area (Å²) >= 11 is 0. The number of para-hydroxylation sites is 1. The van der Waals surface area contributed by atoms with Crippen LogP contribution in [0, 0.1) is 5.92 Å². The Morgan fingerprint density at radius 3 is 2.47 bits per heavy atom. The van der Waals surface area contributed by atoms with Crippen LogP contribution in [0.5, 0.6) is 0 Å². The van der Waals surface area contributed by atoms with Crippen molar-refractivity contribution in [3.05, 3.63) is 84.4 Å². The normalized spacial score (nSPS) is 12.9. The lowest BCUT2D eigenvalue weighted by Crippen LogP contribution is -2.15. The van der Waals surface area contributed by atoms with Crippen LogP contribution in [0.4, 0.5) is 11.4 Å². The molecule has 3 aromatic carbocycles. The molecule has 1 aliphatic carbocycles. The number of anilines is 2. The average molecular weight is 423 g/mol. The van der Waals surface area contributed by atoms with Crippen molar-refractivity contribution >= 4 is 23.2 Å². The lowest BCUT2D eigenvalue weighted by atomic mass is 10.1. The van der Waals surface area contributed by atoms with Crippen molar-refractivity contribution in [2.24, 2.45) is 5.92 Å². The minimum absolute atomic E-state index is 0.00689. The second-order valence-corrected chi connectivity index (χ2v) is 7.72. The molecule has 1 aliphatic rings. The van der Waals surface area contributed by atoms with Gasteiger partial charge in [-0.1, -0.05) is 48.5 Å². The summed E-state index contributed by atoms with van der Waals surface area (Å²) < 4.78 is 0. The molecule has 3 N–H and O–H groups in total. The van der Waals surface area contributed by atoms with Crippen molar-refractivity contribution in [2.75, 3.05) is 10.6 Å². The van der Waals surface area contributed by atoms with Gasteiger partial charge in [0, 0.05) is 28.3 Å². The van der Waals surface area contributed by atoms with E-state index in [1.807, 2.05) is 54.6 Å². The molecule has 2 amide bonds. The molecule has 1 saturated carbocycles. The van der Waals surface area contributed by atoms with E-state index in [0.29, 0.717) is 28.6 Å². The van der Waals surface area contributed by atoms with Gasteiger partial charge in [-0.05, 0) is 43.2 Å². The van der Waals surface area contributed by atoms with Crippen LogP contribution in [0.3, 0.4) is 0 Å². The molecule has 0 saturated heterocycles. The third kappa shape index (κ3) is 4.27. The molecule has 1 heterocycles. The summed E-state index contributed by atoms with van der Waals surface area (Å²) in [6, 6.07) is 24.0. The Balaban J connectivity index is 1.36. The molecule has 0 atom stereocenters. The zero-order valence-corrected chi connectivity index (χ0v) is 17.2. The van der Waals surface area contributed by atoms with Crippen LogP contribution in [0.15, 0.2) is 78.9 Å². The van der Waals surface area contributed by atoms with E-state index in [1.165, 1.54) is 0 Å². The predicted molar refractivity (Wildman–Crippen MR) is 123 cm³/mol. The maximum Gasteiger partial charge on any atom is 0.255 e. The summed E-state index contributed by atoms with van der Waals surface area (Å²) in [5.41, 5.74) is 3.32. The molecule has 7 nitrogen and oxygen atoms in total. The molecule has 32 heavy (non-hydrogen) atoms. The van der Waals surface area contributed by atoms with Crippen molar-refractivity contribution in [1.29, 1.82) is 0 Å². The maximum absolute atomic E-state index is 12.9. The smallest absolute Gasteiger partial charge is 0.255 e. The second-order valence-electron chi connectivity index (χ2n) is 7.72. The van der Waals surface area contributed by atoms with Gasteiger partial charge in [-0.25, -0.2) is 4.98 Å². The highest BCUT2D eigenvalue weighted by Gasteiger charge is 2.29. The fourth-order valence-electron chi connectivity index (χ4n) is 3.42. The predicted octanol–water partition coefficient (Wildman–Crippen LogP) is 4.74. The van der Waals surface area contributed by atoms with Gasteiger partial charge >= 0.3 is 0 Å². The first-order valence-corrected chi connectivity index (χ1v) is 10.5. The zero-order valence-electron chi connectivity index (χ0n) is 17.2. The monoisotopic (exact) mass is 423 g/mol. The minimum Gasteiger partial charge on any atom is -0.326 e. The number of carbonyl (C=O) groups excluding carboxylic acids is 2. The van der Waals surface area contributed by atoms with Crippen LogP contribution in [0.25, 0.3) is 22.8 Å². The van der Waals surface area contributed by atoms with Crippen LogP contribution in [0.1, 0.15) is 23.2 Å². The molecule has 0 radical (unpaired) electrons. The highest BCUT2D eigenvalue weighted by Crippen LogP contribution is 2.30. The first-order valence-electron chi connectivity index (χ1n) is 10.5. The van der Waals surface area contributed by atoms with Gasteiger partial charge in [-0.3, -0.25) is 14.7 Å². The second kappa shape index (κ2) is 8.47. The quantitative estimate of drug-likeness (QED) is 0.417. The van der Waals surface area contributed by atoms with Crippen molar-refractivity contribution < 1.29 is 9.59 Å². The molecule has 158 valence electrons. The number of carbonyl (C=O) groups is 2. The van der Waals surface area contributed by atoms with Crippen LogP contribution in [-0.2, 0) is 4.79 Å². The summed E-state index contributed by atoms with van der Waals surface area (Å²) in [6.45, 7) is 0. The van der Waals surface area contributed by atoms with Gasteiger partial charge in [0.25, 0.3) is 5.91 Å². The number of aromatic amines is 1. The summed E-state index contributed by atoms with van der Waals surface area (Å²) in [5.74, 6) is 0.975. The zero-order chi connectivity index (χ0) is 21.9. The van der Waals surface area contributed by atoms with Gasteiger partial charge in [0.2, 0.25) is 5.91 Å². The van der Waals surface area contributed by atoms with Crippen molar-refractivity contribution in [3.8, 4) is 22.8 Å². The number of hydrogen-bond acceptors (Lipinski definition) is 4. The van der Waals surface area contributed by atoms with Crippen LogP contribution < -0.4 is 10.6 Å². The summed E-state index contributed by atoms with van der Waals surface area (Å²) in [4.78, 5) is 29.6. The number of H-pyrrole nitrogens is 1. The summed E-state index contributed by atoms with van der Waals surface area (Å²) in [5, 5.41) is 13.1. The van der Waals surface area contributed by atoms with Crippen molar-refractivity contribution in [2.45, 2.75) is 12.8 Å². The number of nitrogens with one attached hydrogen (secondary N) is 3. The molecule has 5 rings (SSSR count). The first kappa shape index (κ1) is 19.7. The van der Waals surface area contributed by atoms with Gasteiger partial charge in [0.1, 0.15) is 0 Å². The standard InChI is InChI=1S/C25H21N5O2/c31-24(17-13-14-17)26-19-10-6-9-18(15-19)25(32)27-21-12-5-4-11-20(21)23-28-22(29-30-23)16-7-2-1-3-8-16/h1-12,15,17H,13-14H2,(H,26,31)(H,27,32)(H,28,29,30). The summed E-state index contributed by atoms with van der Waals surface area (Å²) in [7, 11) is 0. The molecule has 4 aromatic rings. The van der Waals surface area contributed by atoms with Gasteiger partial charge < -0.3 is 10.6 Å². The molecule has 1 fully saturated rings. The van der Waals surface area contributed by atoms with Crippen LogP contribution in [0.2, 0.25) is 0 Å². The molecule has 0 aliphatic heterocycles. The third-order valence-electron chi connectivity index (χ3n) is 5.29. The minimum atomic E-state index is -0.275. The maximum atomic E-state index is 12.9. The molecule has 1 aromatic heterocycles. The highest BCUT2D eigenvalue weighted by atomic mass is 16.2. The first-order chi connectivity index (χ1) is 15.7. The average Bonchev–Trinajstić information content (AvgIpc) is 3.57. The Morgan fingerprint density at radius 1 is 0.875 bits per heavy atom. The van der Waals surface area contributed by atoms with Crippen molar-refractivity contribution in [1.82, 2.24) is 15.2 Å². The van der Waals surface area contributed by atoms with E-state index in [2.05, 4.69) is 25.8 Å². The SMILES string of the molecule is O=C(Nc1ccccc1-c1nc(-c2ccccc2)n[nH]1)c1cccc(NC(=O)C2CC2)c1. The Labute approximate surface area is 184 Å². The largest absolute Gasteiger partial charge is 0.326 e. The van der Waals surface area contributed by atoms with Crippen LogP contribution in [-0.4, -0.2) is 27.0 Å². The van der Waals surface area contributed by atoms with E-state index >= 15 is 0 Å². The van der Waals surface area contributed by atoms with E-state index in [1.54, 1.807) is 24.3 Å². The number of rotatable bonds is 6. The van der Waals surface area contributed by atoms with Gasteiger partial charge in [0.05, 0.1) is 5.69 Å². The topological polar surface area (TPSA) is 99.8 Å². The van der Waals surface area contributed by atoms with E-state index in [0.717, 1.165) is 24.0 Å². The van der Waals surface area contributed by atoms with Crippen LogP contribution >= 0.6 is 0 Å². The van der Waals surface area contributed by atoms with E-state index in [9.17, 15) is 9.59 Å². The Morgan fingerprint density at radius 2 is 1.66 bits per heavy atom. The van der Waals surface area contributed by atoms with Crippen molar-refractivity contribution in [3.63, 3.8) is 0 Å². The number of amides is 2.